The average Bonchev–Trinajstić information content (AvgIpc) is 3.08. The third-order valence-corrected chi connectivity index (χ3v) is 9.58. The topological polar surface area (TPSA) is 60.7 Å². The van der Waals surface area contributed by atoms with Crippen molar-refractivity contribution in [1.29, 1.82) is 0 Å². The molecule has 0 amide bonds. The maximum Gasteiger partial charge on any atom is 0.0837 e. The molecule has 32 heavy (non-hydrogen) atoms. The van der Waals surface area contributed by atoms with E-state index in [-0.39, 0.29) is 5.92 Å². The number of aliphatic hydroxyl groups excluding tert-OH is 2. The van der Waals surface area contributed by atoms with Gasteiger partial charge in [-0.25, -0.2) is 0 Å². The van der Waals surface area contributed by atoms with Crippen molar-refractivity contribution in [3.63, 3.8) is 0 Å². The molecule has 0 aromatic heterocycles. The summed E-state index contributed by atoms with van der Waals surface area (Å²) in [7, 11) is 0. The summed E-state index contributed by atoms with van der Waals surface area (Å²) in [6, 6.07) is 0. The molecule has 0 saturated heterocycles. The highest BCUT2D eigenvalue weighted by Crippen LogP contribution is 2.60. The summed E-state index contributed by atoms with van der Waals surface area (Å²) in [5.74, 6) is 2.49. The van der Waals surface area contributed by atoms with Gasteiger partial charge in [0, 0.05) is 5.92 Å². The van der Waals surface area contributed by atoms with Crippen LogP contribution in [0, 0.1) is 35.0 Å². The molecule has 0 unspecified atom stereocenters. The predicted octanol–water partition coefficient (Wildman–Crippen LogP) is 6.20. The number of allylic oxidation sites excluding steroid dienone is 3. The summed E-state index contributed by atoms with van der Waals surface area (Å²) >= 11 is 0. The van der Waals surface area contributed by atoms with Gasteiger partial charge in [-0.2, -0.15) is 0 Å². The average molecular weight is 445 g/mol. The van der Waals surface area contributed by atoms with Gasteiger partial charge in [-0.3, -0.25) is 0 Å². The Bertz CT molecular complexity index is 742. The number of hydrogen-bond acceptors (Lipinski definition) is 3. The van der Waals surface area contributed by atoms with E-state index in [2.05, 4.69) is 39.5 Å². The van der Waals surface area contributed by atoms with Gasteiger partial charge in [-0.05, 0) is 105 Å². The Morgan fingerprint density at radius 1 is 1.19 bits per heavy atom. The summed E-state index contributed by atoms with van der Waals surface area (Å²) in [6.45, 7) is 17.2. The summed E-state index contributed by atoms with van der Waals surface area (Å²) < 4.78 is 0. The van der Waals surface area contributed by atoms with E-state index < -0.39 is 17.8 Å². The first-order chi connectivity index (χ1) is 14.8. The Kier molecular flexibility index (Phi) is 7.85. The Balaban J connectivity index is 1.75. The molecule has 3 aliphatic rings. The molecule has 0 bridgehead atoms. The summed E-state index contributed by atoms with van der Waals surface area (Å²) in [6.07, 6.45) is 12.1. The normalized spacial score (nSPS) is 40.5. The van der Waals surface area contributed by atoms with E-state index in [1.807, 2.05) is 20.8 Å². The van der Waals surface area contributed by atoms with Crippen molar-refractivity contribution in [3.05, 3.63) is 35.5 Å². The Labute approximate surface area is 196 Å². The highest BCUT2D eigenvalue weighted by atomic mass is 16.3. The maximum atomic E-state index is 10.4. The first-order valence-corrected chi connectivity index (χ1v) is 13.0. The van der Waals surface area contributed by atoms with Crippen molar-refractivity contribution in [2.45, 2.75) is 111 Å². The van der Waals surface area contributed by atoms with Crippen LogP contribution in [0.15, 0.2) is 35.5 Å². The number of fused-ring (bicyclic) bond motifs is 1. The molecule has 8 atom stereocenters. The molecule has 0 aliphatic heterocycles. The molecule has 3 N–H and O–H groups in total. The molecule has 0 spiro atoms. The van der Waals surface area contributed by atoms with Crippen LogP contribution in [0.2, 0.25) is 0 Å². The smallest absolute Gasteiger partial charge is 0.0837 e. The van der Waals surface area contributed by atoms with Crippen molar-refractivity contribution in [2.24, 2.45) is 35.0 Å². The van der Waals surface area contributed by atoms with Crippen LogP contribution in [-0.2, 0) is 0 Å². The van der Waals surface area contributed by atoms with Gasteiger partial charge in [-0.1, -0.05) is 52.0 Å². The minimum Gasteiger partial charge on any atom is -0.392 e. The van der Waals surface area contributed by atoms with Crippen molar-refractivity contribution in [3.8, 4) is 0 Å². The van der Waals surface area contributed by atoms with Gasteiger partial charge in [-0.15, -0.1) is 0 Å². The van der Waals surface area contributed by atoms with Gasteiger partial charge in [0.25, 0.3) is 0 Å². The fourth-order valence-corrected chi connectivity index (χ4v) is 7.03. The molecule has 3 saturated carbocycles. The van der Waals surface area contributed by atoms with Crippen LogP contribution in [0.25, 0.3) is 0 Å². The number of hydrogen-bond donors (Lipinski definition) is 3. The van der Waals surface area contributed by atoms with Crippen molar-refractivity contribution >= 4 is 0 Å². The zero-order valence-corrected chi connectivity index (χ0v) is 21.4. The Morgan fingerprint density at radius 3 is 2.53 bits per heavy atom. The predicted molar refractivity (Wildman–Crippen MR) is 133 cm³/mol. The van der Waals surface area contributed by atoms with E-state index in [0.717, 1.165) is 36.3 Å². The molecule has 3 nitrogen and oxygen atoms in total. The Morgan fingerprint density at radius 2 is 1.88 bits per heavy atom. The second-order valence-corrected chi connectivity index (χ2v) is 12.3. The minimum atomic E-state index is -0.651. The van der Waals surface area contributed by atoms with Gasteiger partial charge >= 0.3 is 0 Å². The molecule has 3 rings (SSSR count). The van der Waals surface area contributed by atoms with E-state index in [1.54, 1.807) is 5.57 Å². The Hall–Kier alpha value is -0.900. The van der Waals surface area contributed by atoms with Crippen molar-refractivity contribution in [2.75, 3.05) is 0 Å². The molecular formula is C29H48O3. The molecule has 0 aromatic carbocycles. The molecule has 0 aromatic rings. The highest BCUT2D eigenvalue weighted by molar-refractivity contribution is 5.39. The van der Waals surface area contributed by atoms with Crippen LogP contribution in [0.3, 0.4) is 0 Å². The zero-order chi connectivity index (χ0) is 23.8. The minimum absolute atomic E-state index is 0.152. The van der Waals surface area contributed by atoms with Gasteiger partial charge in [0.05, 0.1) is 17.8 Å². The standard InChI is InChI=1S/C29H48O3/c1-18(14-16-28(5,6)32)19(2)24-12-13-25-22(9-8-15-29(24,25)7)10-11-23-17-26(30)21(4)27(31)20(23)3/h10-11,18-19,21,24-27,30-32H,3,8-9,12-17H2,1-2,4-7H3/b22-10+,23-11-/t18-,19+,21+,24-,25+,26-,27-,29-/m1/s1. The lowest BCUT2D eigenvalue weighted by atomic mass is 9.59. The molecule has 3 fully saturated rings. The van der Waals surface area contributed by atoms with E-state index in [1.165, 1.54) is 25.7 Å². The largest absolute Gasteiger partial charge is 0.392 e. The summed E-state index contributed by atoms with van der Waals surface area (Å²) in [4.78, 5) is 0. The zero-order valence-electron chi connectivity index (χ0n) is 21.4. The maximum absolute atomic E-state index is 10.4. The summed E-state index contributed by atoms with van der Waals surface area (Å²) in [5, 5.41) is 30.9. The van der Waals surface area contributed by atoms with E-state index in [4.69, 9.17) is 0 Å². The molecule has 0 radical (unpaired) electrons. The second kappa shape index (κ2) is 9.76. The third kappa shape index (κ3) is 5.26. The number of aliphatic hydroxyl groups is 3. The fraction of sp³-hybridized carbons (Fsp3) is 0.793. The van der Waals surface area contributed by atoms with Crippen LogP contribution in [0.4, 0.5) is 0 Å². The SMILES string of the molecule is C=C1/C(=C\C=C2/CCC[C@]3(C)[C@@H]([C@@H](C)[C@H](C)CCC(C)(C)O)CC[C@@H]23)C[C@@H](O)[C@H](C)[C@@H]1O. The first kappa shape index (κ1) is 25.7. The molecule has 3 aliphatic carbocycles. The van der Waals surface area contributed by atoms with E-state index in [0.29, 0.717) is 29.6 Å². The van der Waals surface area contributed by atoms with E-state index >= 15 is 0 Å². The monoisotopic (exact) mass is 444 g/mol. The van der Waals surface area contributed by atoms with Gasteiger partial charge in [0.15, 0.2) is 0 Å². The van der Waals surface area contributed by atoms with Crippen LogP contribution in [0.1, 0.15) is 92.9 Å². The van der Waals surface area contributed by atoms with Crippen LogP contribution in [0.5, 0.6) is 0 Å². The molecule has 3 heteroatoms. The van der Waals surface area contributed by atoms with Crippen LogP contribution >= 0.6 is 0 Å². The first-order valence-electron chi connectivity index (χ1n) is 13.0. The summed E-state index contributed by atoms with van der Waals surface area (Å²) in [5.41, 5.74) is 3.11. The van der Waals surface area contributed by atoms with Crippen molar-refractivity contribution < 1.29 is 15.3 Å². The van der Waals surface area contributed by atoms with Gasteiger partial charge in [0.1, 0.15) is 0 Å². The van der Waals surface area contributed by atoms with Gasteiger partial charge < -0.3 is 15.3 Å². The van der Waals surface area contributed by atoms with Gasteiger partial charge in [0.2, 0.25) is 0 Å². The van der Waals surface area contributed by atoms with Crippen LogP contribution < -0.4 is 0 Å². The number of rotatable bonds is 6. The second-order valence-electron chi connectivity index (χ2n) is 12.3. The lowest BCUT2D eigenvalue weighted by Crippen LogP contribution is -2.38. The lowest BCUT2D eigenvalue weighted by Gasteiger charge is -2.45. The fourth-order valence-electron chi connectivity index (χ4n) is 7.03. The van der Waals surface area contributed by atoms with Crippen molar-refractivity contribution in [1.82, 2.24) is 0 Å². The molecule has 0 heterocycles. The lowest BCUT2D eigenvalue weighted by molar-refractivity contribution is 0.0283. The highest BCUT2D eigenvalue weighted by Gasteiger charge is 2.51. The third-order valence-electron chi connectivity index (χ3n) is 9.58. The van der Waals surface area contributed by atoms with Crippen LogP contribution in [-0.4, -0.2) is 33.1 Å². The molecular weight excluding hydrogens is 396 g/mol. The quantitative estimate of drug-likeness (QED) is 0.457. The molecule has 182 valence electrons. The van der Waals surface area contributed by atoms with E-state index in [9.17, 15) is 15.3 Å².